The molecule has 0 saturated heterocycles. The normalized spacial score (nSPS) is 12.1. The fraction of sp³-hybridized carbons (Fsp3) is 0.667. The molecule has 2 nitrogen and oxygen atoms in total. The summed E-state index contributed by atoms with van der Waals surface area (Å²) in [5.41, 5.74) is 1.23. The molecule has 0 unspecified atom stereocenters. The molecule has 0 spiro atoms. The third kappa shape index (κ3) is 1.48. The summed E-state index contributed by atoms with van der Waals surface area (Å²) in [6.07, 6.45) is 2.82. The molecule has 0 bridgehead atoms. The van der Waals surface area contributed by atoms with Crippen LogP contribution in [0.4, 0.5) is 0 Å². The lowest BCUT2D eigenvalue weighted by atomic mass is 9.87. The lowest BCUT2D eigenvalue weighted by molar-refractivity contribution is 0.473. The molecule has 0 fully saturated rings. The van der Waals surface area contributed by atoms with Crippen LogP contribution in [0.3, 0.4) is 0 Å². The van der Waals surface area contributed by atoms with Gasteiger partial charge in [-0.15, -0.1) is 0 Å². The summed E-state index contributed by atoms with van der Waals surface area (Å²) in [5, 5.41) is 0.629. The van der Waals surface area contributed by atoms with Crippen LogP contribution in [0, 0.1) is 0 Å². The highest BCUT2D eigenvalue weighted by molar-refractivity contribution is 6.30. The maximum absolute atomic E-state index is 5.98. The summed E-state index contributed by atoms with van der Waals surface area (Å²) in [4.78, 5) is 4.06. The van der Waals surface area contributed by atoms with Gasteiger partial charge in [0.2, 0.25) is 0 Å². The number of nitrogens with zero attached hydrogens (tertiary/aromatic N) is 2. The van der Waals surface area contributed by atoms with E-state index in [1.54, 1.807) is 6.33 Å². The van der Waals surface area contributed by atoms with Crippen LogP contribution in [0.5, 0.6) is 0 Å². The summed E-state index contributed by atoms with van der Waals surface area (Å²) >= 11 is 5.98. The van der Waals surface area contributed by atoms with E-state index in [4.69, 9.17) is 11.6 Å². The molecular formula is C9H15ClN2. The summed E-state index contributed by atoms with van der Waals surface area (Å²) < 4.78 is 1.99. The highest BCUT2D eigenvalue weighted by Crippen LogP contribution is 2.30. The standard InChI is InChI=1S/C9H15ClN2/c1-5-9(2,3)7-8(10)11-6-12(7)4/h6H,5H2,1-4H3. The SMILES string of the molecule is CCC(C)(C)c1c(Cl)ncn1C. The van der Waals surface area contributed by atoms with E-state index in [1.807, 2.05) is 11.6 Å². The van der Waals surface area contributed by atoms with Gasteiger partial charge in [0.15, 0.2) is 5.15 Å². The van der Waals surface area contributed by atoms with Crippen LogP contribution in [-0.4, -0.2) is 9.55 Å². The quantitative estimate of drug-likeness (QED) is 0.695. The third-order valence-electron chi connectivity index (χ3n) is 2.42. The molecule has 1 aromatic rings. The Kier molecular flexibility index (Phi) is 2.47. The Hall–Kier alpha value is -0.500. The molecule has 0 atom stereocenters. The highest BCUT2D eigenvalue weighted by Gasteiger charge is 2.24. The molecule has 0 N–H and O–H groups in total. The Morgan fingerprint density at radius 1 is 1.58 bits per heavy atom. The molecule has 0 aromatic carbocycles. The van der Waals surface area contributed by atoms with Crippen molar-refractivity contribution in [1.82, 2.24) is 9.55 Å². The first-order valence-corrected chi connectivity index (χ1v) is 4.54. The van der Waals surface area contributed by atoms with E-state index in [1.165, 1.54) is 0 Å². The van der Waals surface area contributed by atoms with Crippen LogP contribution >= 0.6 is 11.6 Å². The van der Waals surface area contributed by atoms with E-state index < -0.39 is 0 Å². The molecule has 68 valence electrons. The van der Waals surface area contributed by atoms with E-state index >= 15 is 0 Å². The predicted octanol–water partition coefficient (Wildman–Crippen LogP) is 2.76. The Bertz CT molecular complexity index is 257. The molecule has 3 heteroatoms. The molecule has 0 amide bonds. The lowest BCUT2D eigenvalue weighted by Gasteiger charge is -2.23. The first-order valence-electron chi connectivity index (χ1n) is 4.16. The second-order valence-corrected chi connectivity index (χ2v) is 4.09. The van der Waals surface area contributed by atoms with Gasteiger partial charge in [-0.3, -0.25) is 0 Å². The van der Waals surface area contributed by atoms with Crippen molar-refractivity contribution in [3.05, 3.63) is 17.2 Å². The molecule has 12 heavy (non-hydrogen) atoms. The Balaban J connectivity index is 3.17. The van der Waals surface area contributed by atoms with Gasteiger partial charge in [0.25, 0.3) is 0 Å². The van der Waals surface area contributed by atoms with Crippen LogP contribution in [-0.2, 0) is 12.5 Å². The Labute approximate surface area is 78.6 Å². The zero-order valence-electron chi connectivity index (χ0n) is 8.06. The largest absolute Gasteiger partial charge is 0.336 e. The molecule has 1 rings (SSSR count). The second kappa shape index (κ2) is 3.09. The van der Waals surface area contributed by atoms with Crippen molar-refractivity contribution in [2.24, 2.45) is 7.05 Å². The van der Waals surface area contributed by atoms with Crippen molar-refractivity contribution in [3.63, 3.8) is 0 Å². The number of halogens is 1. The van der Waals surface area contributed by atoms with Crippen molar-refractivity contribution in [2.45, 2.75) is 32.6 Å². The van der Waals surface area contributed by atoms with Crippen LogP contribution in [0.1, 0.15) is 32.9 Å². The van der Waals surface area contributed by atoms with Gasteiger partial charge >= 0.3 is 0 Å². The van der Waals surface area contributed by atoms with Gasteiger partial charge < -0.3 is 4.57 Å². The minimum Gasteiger partial charge on any atom is -0.336 e. The number of hydrogen-bond acceptors (Lipinski definition) is 1. The maximum atomic E-state index is 5.98. The number of rotatable bonds is 2. The molecule has 0 aliphatic heterocycles. The van der Waals surface area contributed by atoms with Gasteiger partial charge in [0.1, 0.15) is 0 Å². The van der Waals surface area contributed by atoms with Gasteiger partial charge in [0.05, 0.1) is 12.0 Å². The number of imidazole rings is 1. The highest BCUT2D eigenvalue weighted by atomic mass is 35.5. The van der Waals surface area contributed by atoms with Gasteiger partial charge in [-0.1, -0.05) is 32.4 Å². The van der Waals surface area contributed by atoms with Gasteiger partial charge in [-0.05, 0) is 6.42 Å². The van der Waals surface area contributed by atoms with Crippen molar-refractivity contribution in [2.75, 3.05) is 0 Å². The molecular weight excluding hydrogens is 172 g/mol. The number of aryl methyl sites for hydroxylation is 1. The fourth-order valence-electron chi connectivity index (χ4n) is 1.33. The second-order valence-electron chi connectivity index (χ2n) is 3.73. The van der Waals surface area contributed by atoms with E-state index in [-0.39, 0.29) is 5.41 Å². The summed E-state index contributed by atoms with van der Waals surface area (Å²) in [7, 11) is 1.98. The molecule has 1 aromatic heterocycles. The summed E-state index contributed by atoms with van der Waals surface area (Å²) in [5.74, 6) is 0. The zero-order valence-corrected chi connectivity index (χ0v) is 8.81. The first-order chi connectivity index (χ1) is 5.49. The minimum absolute atomic E-state index is 0.113. The maximum Gasteiger partial charge on any atom is 0.150 e. The van der Waals surface area contributed by atoms with Crippen molar-refractivity contribution in [3.8, 4) is 0 Å². The van der Waals surface area contributed by atoms with Gasteiger partial charge in [-0.25, -0.2) is 4.98 Å². The Morgan fingerprint density at radius 2 is 2.17 bits per heavy atom. The average Bonchev–Trinajstić information content (AvgIpc) is 2.31. The molecule has 0 aliphatic carbocycles. The smallest absolute Gasteiger partial charge is 0.150 e. The van der Waals surface area contributed by atoms with E-state index in [9.17, 15) is 0 Å². The van der Waals surface area contributed by atoms with Gasteiger partial charge in [-0.2, -0.15) is 0 Å². The van der Waals surface area contributed by atoms with E-state index in [0.29, 0.717) is 5.15 Å². The summed E-state index contributed by atoms with van der Waals surface area (Å²) in [6, 6.07) is 0. The van der Waals surface area contributed by atoms with Crippen LogP contribution in [0.2, 0.25) is 5.15 Å². The average molecular weight is 187 g/mol. The van der Waals surface area contributed by atoms with Crippen molar-refractivity contribution < 1.29 is 0 Å². The topological polar surface area (TPSA) is 17.8 Å². The fourth-order valence-corrected chi connectivity index (χ4v) is 1.76. The zero-order chi connectivity index (χ0) is 9.35. The molecule has 1 heterocycles. The van der Waals surface area contributed by atoms with E-state index in [2.05, 4.69) is 25.8 Å². The van der Waals surface area contributed by atoms with E-state index in [0.717, 1.165) is 12.1 Å². The monoisotopic (exact) mass is 186 g/mol. The van der Waals surface area contributed by atoms with Crippen LogP contribution in [0.25, 0.3) is 0 Å². The third-order valence-corrected chi connectivity index (χ3v) is 2.69. The van der Waals surface area contributed by atoms with Gasteiger partial charge in [0, 0.05) is 12.5 Å². The molecule has 0 aliphatic rings. The Morgan fingerprint density at radius 3 is 2.50 bits per heavy atom. The minimum atomic E-state index is 0.113. The van der Waals surface area contributed by atoms with Crippen LogP contribution in [0.15, 0.2) is 6.33 Å². The van der Waals surface area contributed by atoms with Crippen molar-refractivity contribution >= 4 is 11.6 Å². The first kappa shape index (κ1) is 9.59. The molecule has 0 radical (unpaired) electrons. The number of hydrogen-bond donors (Lipinski definition) is 0. The molecule has 0 saturated carbocycles. The number of aromatic nitrogens is 2. The predicted molar refractivity (Wildman–Crippen MR) is 51.5 cm³/mol. The lowest BCUT2D eigenvalue weighted by Crippen LogP contribution is -2.19. The van der Waals surface area contributed by atoms with Crippen LogP contribution < -0.4 is 0 Å². The summed E-state index contributed by atoms with van der Waals surface area (Å²) in [6.45, 7) is 6.51. The van der Waals surface area contributed by atoms with Crippen molar-refractivity contribution in [1.29, 1.82) is 0 Å².